The third kappa shape index (κ3) is 12.8. The summed E-state index contributed by atoms with van der Waals surface area (Å²) in [6.45, 7) is 7.22. The Balaban J connectivity index is 3.69. The average molecular weight is 386 g/mol. The zero-order valence-electron chi connectivity index (χ0n) is 17.0. The van der Waals surface area contributed by atoms with Crippen molar-refractivity contribution in [1.82, 2.24) is 10.6 Å². The fourth-order valence-corrected chi connectivity index (χ4v) is 2.38. The van der Waals surface area contributed by atoms with Crippen LogP contribution >= 0.6 is 0 Å². The summed E-state index contributed by atoms with van der Waals surface area (Å²) in [5, 5.41) is 5.23. The Bertz CT molecular complexity index is 439. The summed E-state index contributed by atoms with van der Waals surface area (Å²) in [7, 11) is 0. The summed E-state index contributed by atoms with van der Waals surface area (Å²) in [6.07, 6.45) is 4.86. The molecule has 0 aromatic heterocycles. The standard InChI is InChI=1S/C19H34N2O6/c1-5-26-18(24)14(3)20-16(22)12-10-8-7-9-11-13-17(23)21-15(4)19(25)27-6-2/h14-15H,5-13H2,1-4H3,(H,20,22)(H,21,23)/t14-,15-/m0/s1. The molecule has 2 atom stereocenters. The largest absolute Gasteiger partial charge is 0.464 e. The molecule has 2 amide bonds. The number of nitrogens with one attached hydrogen (secondary N) is 2. The molecule has 0 aliphatic heterocycles. The highest BCUT2D eigenvalue weighted by molar-refractivity contribution is 5.84. The van der Waals surface area contributed by atoms with Gasteiger partial charge in [-0.05, 0) is 40.5 Å². The average Bonchev–Trinajstić information content (AvgIpc) is 2.61. The molecule has 0 spiro atoms. The molecule has 0 bridgehead atoms. The lowest BCUT2D eigenvalue weighted by Crippen LogP contribution is -2.39. The molecule has 8 nitrogen and oxygen atoms in total. The number of carbonyl (C=O) groups excluding carboxylic acids is 4. The van der Waals surface area contributed by atoms with Crippen LogP contribution in [0.25, 0.3) is 0 Å². The maximum absolute atomic E-state index is 11.7. The van der Waals surface area contributed by atoms with Gasteiger partial charge in [0.15, 0.2) is 0 Å². The van der Waals surface area contributed by atoms with Crippen molar-refractivity contribution in [2.45, 2.75) is 84.7 Å². The highest BCUT2D eigenvalue weighted by Crippen LogP contribution is 2.07. The topological polar surface area (TPSA) is 111 Å². The van der Waals surface area contributed by atoms with E-state index in [2.05, 4.69) is 10.6 Å². The van der Waals surface area contributed by atoms with Crippen LogP contribution in [0.5, 0.6) is 0 Å². The molecule has 0 aliphatic rings. The Morgan fingerprint density at radius 1 is 0.667 bits per heavy atom. The molecule has 156 valence electrons. The van der Waals surface area contributed by atoms with Gasteiger partial charge in [0.25, 0.3) is 0 Å². The van der Waals surface area contributed by atoms with Gasteiger partial charge in [0, 0.05) is 12.8 Å². The number of ether oxygens (including phenoxy) is 2. The van der Waals surface area contributed by atoms with Crippen molar-refractivity contribution >= 4 is 23.8 Å². The molecular formula is C19H34N2O6. The van der Waals surface area contributed by atoms with Gasteiger partial charge in [-0.1, -0.05) is 19.3 Å². The van der Waals surface area contributed by atoms with Gasteiger partial charge < -0.3 is 20.1 Å². The number of carbonyl (C=O) groups is 4. The first-order valence-electron chi connectivity index (χ1n) is 9.73. The second kappa shape index (κ2) is 15.0. The zero-order valence-corrected chi connectivity index (χ0v) is 17.0. The first kappa shape index (κ1) is 24.9. The van der Waals surface area contributed by atoms with E-state index in [0.29, 0.717) is 26.1 Å². The van der Waals surface area contributed by atoms with E-state index in [-0.39, 0.29) is 11.8 Å². The number of unbranched alkanes of at least 4 members (excludes halogenated alkanes) is 4. The monoisotopic (exact) mass is 386 g/mol. The van der Waals surface area contributed by atoms with Gasteiger partial charge >= 0.3 is 11.9 Å². The van der Waals surface area contributed by atoms with Gasteiger partial charge in [0.05, 0.1) is 13.2 Å². The first-order chi connectivity index (χ1) is 12.8. The Labute approximate surface area is 161 Å². The zero-order chi connectivity index (χ0) is 20.7. The van der Waals surface area contributed by atoms with Gasteiger partial charge in [-0.15, -0.1) is 0 Å². The molecule has 0 saturated carbocycles. The van der Waals surface area contributed by atoms with Gasteiger partial charge in [0.1, 0.15) is 12.1 Å². The fraction of sp³-hybridized carbons (Fsp3) is 0.789. The normalized spacial score (nSPS) is 12.6. The van der Waals surface area contributed by atoms with Crippen LogP contribution in [0.15, 0.2) is 0 Å². The third-order valence-electron chi connectivity index (χ3n) is 3.84. The lowest BCUT2D eigenvalue weighted by molar-refractivity contribution is -0.147. The predicted octanol–water partition coefficient (Wildman–Crippen LogP) is 1.85. The van der Waals surface area contributed by atoms with Gasteiger partial charge in [-0.3, -0.25) is 9.59 Å². The molecule has 2 N–H and O–H groups in total. The molecule has 0 heterocycles. The molecule has 0 rings (SSSR count). The van der Waals surface area contributed by atoms with Crippen LogP contribution in [0.4, 0.5) is 0 Å². The summed E-state index contributed by atoms with van der Waals surface area (Å²) in [6, 6.07) is -1.26. The maximum Gasteiger partial charge on any atom is 0.328 e. The Kier molecular flexibility index (Phi) is 13.8. The smallest absolute Gasteiger partial charge is 0.328 e. The Morgan fingerprint density at radius 3 is 1.33 bits per heavy atom. The lowest BCUT2D eigenvalue weighted by atomic mass is 10.1. The van der Waals surface area contributed by atoms with Crippen LogP contribution in [-0.2, 0) is 28.7 Å². The minimum absolute atomic E-state index is 0.164. The SMILES string of the molecule is CCOC(=O)[C@H](C)NC(=O)CCCCCCCC(=O)N[C@@H](C)C(=O)OCC. The van der Waals surface area contributed by atoms with Crippen molar-refractivity contribution in [1.29, 1.82) is 0 Å². The van der Waals surface area contributed by atoms with E-state index in [4.69, 9.17) is 9.47 Å². The van der Waals surface area contributed by atoms with Crippen LogP contribution in [0, 0.1) is 0 Å². The van der Waals surface area contributed by atoms with Crippen LogP contribution in [0.2, 0.25) is 0 Å². The molecule has 0 radical (unpaired) electrons. The molecule has 8 heteroatoms. The van der Waals surface area contributed by atoms with Crippen molar-refractivity contribution in [3.8, 4) is 0 Å². The van der Waals surface area contributed by atoms with E-state index in [1.54, 1.807) is 27.7 Å². The highest BCUT2D eigenvalue weighted by Gasteiger charge is 2.17. The Morgan fingerprint density at radius 2 is 1.00 bits per heavy atom. The van der Waals surface area contributed by atoms with Gasteiger partial charge in [0.2, 0.25) is 11.8 Å². The minimum Gasteiger partial charge on any atom is -0.464 e. The Hall–Kier alpha value is -2.12. The van der Waals surface area contributed by atoms with Gasteiger partial charge in [-0.2, -0.15) is 0 Å². The van der Waals surface area contributed by atoms with Crippen molar-refractivity contribution in [2.24, 2.45) is 0 Å². The van der Waals surface area contributed by atoms with Crippen LogP contribution in [0.1, 0.15) is 72.6 Å². The van der Waals surface area contributed by atoms with Crippen LogP contribution in [0.3, 0.4) is 0 Å². The first-order valence-corrected chi connectivity index (χ1v) is 9.73. The summed E-state index contributed by atoms with van der Waals surface area (Å²) in [4.78, 5) is 46.3. The molecule has 0 aromatic rings. The molecular weight excluding hydrogens is 352 g/mol. The third-order valence-corrected chi connectivity index (χ3v) is 3.84. The summed E-state index contributed by atoms with van der Waals surface area (Å²) >= 11 is 0. The molecule has 27 heavy (non-hydrogen) atoms. The van der Waals surface area contributed by atoms with E-state index in [0.717, 1.165) is 32.1 Å². The van der Waals surface area contributed by atoms with E-state index in [1.807, 2.05) is 0 Å². The van der Waals surface area contributed by atoms with Crippen molar-refractivity contribution in [2.75, 3.05) is 13.2 Å². The molecule has 0 saturated heterocycles. The van der Waals surface area contributed by atoms with E-state index in [1.165, 1.54) is 0 Å². The number of esters is 2. The minimum atomic E-state index is -0.632. The second-order valence-corrected chi connectivity index (χ2v) is 6.35. The quantitative estimate of drug-likeness (QED) is 0.348. The predicted molar refractivity (Wildman–Crippen MR) is 101 cm³/mol. The number of rotatable bonds is 14. The van der Waals surface area contributed by atoms with E-state index in [9.17, 15) is 19.2 Å². The second-order valence-electron chi connectivity index (χ2n) is 6.35. The van der Waals surface area contributed by atoms with Crippen molar-refractivity contribution < 1.29 is 28.7 Å². The fourth-order valence-electron chi connectivity index (χ4n) is 2.38. The summed E-state index contributed by atoms with van der Waals surface area (Å²) in [5.41, 5.74) is 0. The van der Waals surface area contributed by atoms with E-state index >= 15 is 0 Å². The molecule has 0 aromatic carbocycles. The molecule has 0 unspecified atom stereocenters. The van der Waals surface area contributed by atoms with Crippen molar-refractivity contribution in [3.05, 3.63) is 0 Å². The highest BCUT2D eigenvalue weighted by atomic mass is 16.5. The summed E-state index contributed by atoms with van der Waals surface area (Å²) in [5.74, 6) is -1.19. The number of hydrogen-bond acceptors (Lipinski definition) is 6. The van der Waals surface area contributed by atoms with E-state index < -0.39 is 24.0 Å². The van der Waals surface area contributed by atoms with Crippen molar-refractivity contribution in [3.63, 3.8) is 0 Å². The number of hydrogen-bond donors (Lipinski definition) is 2. The molecule has 0 aliphatic carbocycles. The van der Waals surface area contributed by atoms with Crippen LogP contribution < -0.4 is 10.6 Å². The van der Waals surface area contributed by atoms with Gasteiger partial charge in [-0.25, -0.2) is 9.59 Å². The number of amides is 2. The maximum atomic E-state index is 11.7. The van der Waals surface area contributed by atoms with Crippen LogP contribution in [-0.4, -0.2) is 49.1 Å². The summed E-state index contributed by atoms with van der Waals surface area (Å²) < 4.78 is 9.66. The molecule has 0 fully saturated rings. The lowest BCUT2D eigenvalue weighted by Gasteiger charge is -2.12.